The van der Waals surface area contributed by atoms with Gasteiger partial charge >= 0.3 is 0 Å². The van der Waals surface area contributed by atoms with Crippen molar-refractivity contribution in [2.75, 3.05) is 34.3 Å². The second-order valence-corrected chi connectivity index (χ2v) is 8.41. The summed E-state index contributed by atoms with van der Waals surface area (Å²) in [4.78, 5) is 30.9. The molecule has 1 atom stereocenters. The molecular formula is C25H28N2O4. The summed E-state index contributed by atoms with van der Waals surface area (Å²) in [5.74, 6) is 0.536. The number of hydrogen-bond acceptors (Lipinski definition) is 5. The van der Waals surface area contributed by atoms with Crippen molar-refractivity contribution in [2.45, 2.75) is 26.3 Å². The third-order valence-corrected chi connectivity index (χ3v) is 6.02. The van der Waals surface area contributed by atoms with Crippen molar-refractivity contribution in [3.8, 4) is 5.75 Å². The summed E-state index contributed by atoms with van der Waals surface area (Å²) in [6.45, 7) is 5.28. The van der Waals surface area contributed by atoms with Gasteiger partial charge in [0.2, 0.25) is 5.76 Å². The van der Waals surface area contributed by atoms with E-state index in [0.29, 0.717) is 28.8 Å². The molecule has 0 spiro atoms. The van der Waals surface area contributed by atoms with Crippen LogP contribution < -0.4 is 10.2 Å². The van der Waals surface area contributed by atoms with Gasteiger partial charge in [0.1, 0.15) is 11.3 Å². The maximum atomic E-state index is 13.7. The van der Waals surface area contributed by atoms with Crippen LogP contribution in [0.15, 0.2) is 45.6 Å². The molecule has 162 valence electrons. The zero-order valence-corrected chi connectivity index (χ0v) is 18.7. The van der Waals surface area contributed by atoms with Crippen molar-refractivity contribution in [1.29, 1.82) is 0 Å². The van der Waals surface area contributed by atoms with Crippen LogP contribution >= 0.6 is 0 Å². The van der Waals surface area contributed by atoms with E-state index in [4.69, 9.17) is 9.15 Å². The molecule has 2 aromatic carbocycles. The fourth-order valence-electron chi connectivity index (χ4n) is 4.28. The van der Waals surface area contributed by atoms with E-state index in [9.17, 15) is 9.59 Å². The molecule has 0 bridgehead atoms. The van der Waals surface area contributed by atoms with Crippen LogP contribution in [0.3, 0.4) is 0 Å². The van der Waals surface area contributed by atoms with Crippen molar-refractivity contribution < 1.29 is 13.9 Å². The predicted octanol–water partition coefficient (Wildman–Crippen LogP) is 3.92. The van der Waals surface area contributed by atoms with Gasteiger partial charge in [0.15, 0.2) is 5.43 Å². The van der Waals surface area contributed by atoms with Gasteiger partial charge in [-0.1, -0.05) is 18.2 Å². The fraction of sp³-hybridized carbons (Fsp3) is 0.360. The zero-order valence-electron chi connectivity index (χ0n) is 18.7. The highest BCUT2D eigenvalue weighted by Crippen LogP contribution is 2.41. The van der Waals surface area contributed by atoms with E-state index in [2.05, 4.69) is 4.90 Å². The van der Waals surface area contributed by atoms with E-state index in [1.807, 2.05) is 64.3 Å². The highest BCUT2D eigenvalue weighted by atomic mass is 16.5. The summed E-state index contributed by atoms with van der Waals surface area (Å²) in [6.07, 6.45) is 0.782. The molecule has 0 fully saturated rings. The van der Waals surface area contributed by atoms with Crippen molar-refractivity contribution in [2.24, 2.45) is 0 Å². The lowest BCUT2D eigenvalue weighted by Gasteiger charge is -2.26. The summed E-state index contributed by atoms with van der Waals surface area (Å²) >= 11 is 0. The first kappa shape index (κ1) is 21.1. The van der Waals surface area contributed by atoms with E-state index < -0.39 is 6.04 Å². The van der Waals surface area contributed by atoms with Crippen LogP contribution in [0.1, 0.15) is 45.3 Å². The molecule has 3 aromatic rings. The molecule has 1 aliphatic heterocycles. The van der Waals surface area contributed by atoms with Crippen molar-refractivity contribution in [3.63, 3.8) is 0 Å². The van der Waals surface area contributed by atoms with Crippen LogP contribution in [0.2, 0.25) is 0 Å². The summed E-state index contributed by atoms with van der Waals surface area (Å²) in [5, 5.41) is 0.504. The molecular weight excluding hydrogens is 392 g/mol. The SMILES string of the molecule is COc1ccccc1[C@@H]1c2c(oc3cc(C)c(C)cc3c2=O)C(=O)N1CCCN(C)C. The van der Waals surface area contributed by atoms with Gasteiger partial charge in [0.05, 0.1) is 24.1 Å². The molecule has 31 heavy (non-hydrogen) atoms. The molecule has 0 radical (unpaired) electrons. The van der Waals surface area contributed by atoms with Crippen molar-refractivity contribution in [3.05, 3.63) is 74.6 Å². The molecule has 1 amide bonds. The Morgan fingerprint density at radius 1 is 1.10 bits per heavy atom. The quantitative estimate of drug-likeness (QED) is 0.605. The number of carbonyl (C=O) groups excluding carboxylic acids is 1. The molecule has 0 N–H and O–H groups in total. The number of benzene rings is 2. The number of amides is 1. The van der Waals surface area contributed by atoms with E-state index in [1.165, 1.54) is 0 Å². The summed E-state index contributed by atoms with van der Waals surface area (Å²) in [5.41, 5.74) is 3.52. The third-order valence-electron chi connectivity index (χ3n) is 6.02. The largest absolute Gasteiger partial charge is 0.496 e. The van der Waals surface area contributed by atoms with E-state index in [-0.39, 0.29) is 17.1 Å². The average Bonchev–Trinajstić information content (AvgIpc) is 3.01. The van der Waals surface area contributed by atoms with Crippen molar-refractivity contribution in [1.82, 2.24) is 9.80 Å². The second-order valence-electron chi connectivity index (χ2n) is 8.41. The highest BCUT2D eigenvalue weighted by molar-refractivity contribution is 5.99. The molecule has 0 saturated carbocycles. The Balaban J connectivity index is 1.94. The van der Waals surface area contributed by atoms with Gasteiger partial charge in [-0.25, -0.2) is 0 Å². The molecule has 4 rings (SSSR count). The lowest BCUT2D eigenvalue weighted by atomic mass is 9.96. The maximum Gasteiger partial charge on any atom is 0.290 e. The minimum Gasteiger partial charge on any atom is -0.496 e. The Morgan fingerprint density at radius 3 is 2.52 bits per heavy atom. The lowest BCUT2D eigenvalue weighted by molar-refractivity contribution is 0.0721. The van der Waals surface area contributed by atoms with E-state index in [1.54, 1.807) is 12.0 Å². The number of methoxy groups -OCH3 is 1. The number of para-hydroxylation sites is 1. The number of fused-ring (bicyclic) bond motifs is 2. The van der Waals surface area contributed by atoms with Gasteiger partial charge in [-0.3, -0.25) is 9.59 Å². The van der Waals surface area contributed by atoms with Gasteiger partial charge in [0.25, 0.3) is 5.91 Å². The molecule has 0 unspecified atom stereocenters. The number of hydrogen-bond donors (Lipinski definition) is 0. The Bertz CT molecular complexity index is 1210. The van der Waals surface area contributed by atoms with Crippen molar-refractivity contribution >= 4 is 16.9 Å². The minimum absolute atomic E-state index is 0.140. The molecule has 0 aliphatic carbocycles. The number of nitrogens with zero attached hydrogens (tertiary/aromatic N) is 2. The Hall–Kier alpha value is -3.12. The molecule has 1 aromatic heterocycles. The lowest BCUT2D eigenvalue weighted by Crippen LogP contribution is -2.32. The molecule has 6 heteroatoms. The maximum absolute atomic E-state index is 13.7. The standard InChI is InChI=1S/C25H28N2O4/c1-15-13-18-20(14-16(15)2)31-24-21(23(18)28)22(17-9-6-7-10-19(17)30-5)27(25(24)29)12-8-11-26(3)4/h6-7,9-10,13-14,22H,8,11-12H2,1-5H3/t22-/m1/s1. The highest BCUT2D eigenvalue weighted by Gasteiger charge is 2.43. The van der Waals surface area contributed by atoms with Gasteiger partial charge in [-0.15, -0.1) is 0 Å². The third kappa shape index (κ3) is 3.61. The molecule has 6 nitrogen and oxygen atoms in total. The molecule has 2 heterocycles. The first-order valence-electron chi connectivity index (χ1n) is 10.5. The van der Waals surface area contributed by atoms with Crippen LogP contribution in [-0.4, -0.2) is 50.0 Å². The van der Waals surface area contributed by atoms with Crippen LogP contribution in [0.4, 0.5) is 0 Å². The van der Waals surface area contributed by atoms with Crippen LogP contribution in [-0.2, 0) is 0 Å². The summed E-state index contributed by atoms with van der Waals surface area (Å²) < 4.78 is 11.7. The van der Waals surface area contributed by atoms with E-state index in [0.717, 1.165) is 29.7 Å². The Morgan fingerprint density at radius 2 is 1.81 bits per heavy atom. The molecule has 0 saturated heterocycles. The second kappa shape index (κ2) is 8.19. The molecule has 1 aliphatic rings. The Labute approximate surface area is 182 Å². The number of carbonyl (C=O) groups is 1. The predicted molar refractivity (Wildman–Crippen MR) is 121 cm³/mol. The van der Waals surface area contributed by atoms with Crippen LogP contribution in [0.5, 0.6) is 5.75 Å². The monoisotopic (exact) mass is 420 g/mol. The van der Waals surface area contributed by atoms with Gasteiger partial charge in [-0.05, 0) is 70.2 Å². The number of ether oxygens (including phenoxy) is 1. The summed E-state index contributed by atoms with van der Waals surface area (Å²) in [6, 6.07) is 10.7. The summed E-state index contributed by atoms with van der Waals surface area (Å²) in [7, 11) is 5.60. The number of rotatable bonds is 6. The fourth-order valence-corrected chi connectivity index (χ4v) is 4.28. The van der Waals surface area contributed by atoms with Crippen LogP contribution in [0, 0.1) is 13.8 Å². The number of aryl methyl sites for hydroxylation is 2. The Kier molecular flexibility index (Phi) is 5.58. The first-order valence-corrected chi connectivity index (χ1v) is 10.5. The van der Waals surface area contributed by atoms with Gasteiger partial charge in [-0.2, -0.15) is 0 Å². The van der Waals surface area contributed by atoms with E-state index >= 15 is 0 Å². The average molecular weight is 421 g/mol. The van der Waals surface area contributed by atoms with Gasteiger partial charge < -0.3 is 19.0 Å². The normalized spacial score (nSPS) is 15.7. The topological polar surface area (TPSA) is 63.0 Å². The van der Waals surface area contributed by atoms with Gasteiger partial charge in [0, 0.05) is 12.1 Å². The smallest absolute Gasteiger partial charge is 0.290 e. The van der Waals surface area contributed by atoms with Crippen LogP contribution in [0.25, 0.3) is 11.0 Å². The first-order chi connectivity index (χ1) is 14.8. The zero-order chi connectivity index (χ0) is 22.3. The minimum atomic E-state index is -0.539.